The third-order valence-electron chi connectivity index (χ3n) is 2.23. The fourth-order valence-electron chi connectivity index (χ4n) is 1.54. The van der Waals surface area contributed by atoms with Crippen LogP contribution in [0.4, 0.5) is 0 Å². The van der Waals surface area contributed by atoms with E-state index in [9.17, 15) is 0 Å². The van der Waals surface area contributed by atoms with Crippen LogP contribution in [-0.2, 0) is 6.54 Å². The van der Waals surface area contributed by atoms with Gasteiger partial charge in [-0.2, -0.15) is 0 Å². The van der Waals surface area contributed by atoms with Crippen LogP contribution in [0.3, 0.4) is 0 Å². The van der Waals surface area contributed by atoms with Crippen molar-refractivity contribution in [3.05, 3.63) is 49.1 Å². The molecule has 0 fully saturated rings. The molecule has 2 nitrogen and oxygen atoms in total. The monoisotopic (exact) mass is 266 g/mol. The molecule has 0 aliphatic heterocycles. The van der Waals surface area contributed by atoms with Crippen molar-refractivity contribution < 1.29 is 21.5 Å². The fourth-order valence-corrected chi connectivity index (χ4v) is 1.54. The van der Waals surface area contributed by atoms with Gasteiger partial charge in [0.05, 0.1) is 6.54 Å². The number of hydrogen-bond acceptors (Lipinski definition) is 0. The van der Waals surface area contributed by atoms with Crippen LogP contribution in [0.1, 0.15) is 13.3 Å². The topological polar surface area (TPSA) is 8.81 Å². The molecule has 0 unspecified atom stereocenters. The Morgan fingerprint density at radius 3 is 2.60 bits per heavy atom. The molecule has 0 saturated heterocycles. The van der Waals surface area contributed by atoms with Crippen LogP contribution in [0, 0.1) is 0 Å². The van der Waals surface area contributed by atoms with E-state index in [1.54, 1.807) is 0 Å². The number of nitrogens with zero attached hydrogens (tertiary/aromatic N) is 2. The molecule has 0 aliphatic carbocycles. The summed E-state index contributed by atoms with van der Waals surface area (Å²) in [6.07, 6.45) is 7.49. The lowest BCUT2D eigenvalue weighted by Gasteiger charge is -1.93. The highest BCUT2D eigenvalue weighted by atomic mass is 79.9. The van der Waals surface area contributed by atoms with Gasteiger partial charge in [-0.15, -0.1) is 0 Å². The smallest absolute Gasteiger partial charge is 0.248 e. The summed E-state index contributed by atoms with van der Waals surface area (Å²) < 4.78 is 4.34. The Labute approximate surface area is 101 Å². The summed E-state index contributed by atoms with van der Waals surface area (Å²) in [7, 11) is 0. The molecule has 15 heavy (non-hydrogen) atoms. The van der Waals surface area contributed by atoms with Gasteiger partial charge in [-0.1, -0.05) is 25.1 Å². The van der Waals surface area contributed by atoms with Crippen LogP contribution in [0.25, 0.3) is 5.69 Å². The van der Waals surface area contributed by atoms with Gasteiger partial charge in [-0.05, 0) is 18.6 Å². The predicted molar refractivity (Wildman–Crippen MR) is 56.3 cm³/mol. The molecule has 0 radical (unpaired) electrons. The van der Waals surface area contributed by atoms with Crippen molar-refractivity contribution in [3.63, 3.8) is 0 Å². The summed E-state index contributed by atoms with van der Waals surface area (Å²) in [6.45, 7) is 3.27. The zero-order valence-electron chi connectivity index (χ0n) is 8.81. The van der Waals surface area contributed by atoms with Crippen molar-refractivity contribution >= 4 is 0 Å². The molecule has 1 aromatic carbocycles. The van der Waals surface area contributed by atoms with Crippen molar-refractivity contribution in [2.75, 3.05) is 0 Å². The quantitative estimate of drug-likeness (QED) is 0.643. The first-order valence-corrected chi connectivity index (χ1v) is 5.02. The Kier molecular flexibility index (Phi) is 4.56. The second kappa shape index (κ2) is 5.71. The van der Waals surface area contributed by atoms with Crippen molar-refractivity contribution in [2.45, 2.75) is 19.9 Å². The predicted octanol–water partition coefficient (Wildman–Crippen LogP) is -0.821. The molecule has 1 aromatic heterocycles. The van der Waals surface area contributed by atoms with E-state index < -0.39 is 0 Å². The molecular weight excluding hydrogens is 252 g/mol. The molecule has 0 atom stereocenters. The lowest BCUT2D eigenvalue weighted by Crippen LogP contribution is -3.00. The molecule has 0 amide bonds. The van der Waals surface area contributed by atoms with E-state index in [-0.39, 0.29) is 17.0 Å². The molecule has 80 valence electrons. The molecule has 0 N–H and O–H groups in total. The minimum atomic E-state index is 0. The highest BCUT2D eigenvalue weighted by Crippen LogP contribution is 2.04. The van der Waals surface area contributed by atoms with Crippen molar-refractivity contribution in [1.29, 1.82) is 0 Å². The number of rotatable bonds is 3. The van der Waals surface area contributed by atoms with Crippen molar-refractivity contribution in [2.24, 2.45) is 0 Å². The molecule has 0 bridgehead atoms. The molecule has 0 aliphatic rings. The second-order valence-corrected chi connectivity index (χ2v) is 3.39. The third kappa shape index (κ3) is 2.93. The van der Waals surface area contributed by atoms with Gasteiger partial charge in [0.25, 0.3) is 0 Å². The normalized spacial score (nSPS) is 9.67. The van der Waals surface area contributed by atoms with Crippen LogP contribution in [0.15, 0.2) is 49.1 Å². The molecule has 2 rings (SSSR count). The molecule has 0 saturated carbocycles. The van der Waals surface area contributed by atoms with Crippen molar-refractivity contribution in [3.8, 4) is 5.69 Å². The first-order valence-electron chi connectivity index (χ1n) is 5.02. The lowest BCUT2D eigenvalue weighted by atomic mass is 10.3. The molecule has 3 heteroatoms. The number of aryl methyl sites for hydroxylation is 1. The maximum atomic E-state index is 2.20. The summed E-state index contributed by atoms with van der Waals surface area (Å²) in [5.74, 6) is 0. The van der Waals surface area contributed by atoms with E-state index in [2.05, 4.69) is 59.0 Å². The Bertz CT molecular complexity index is 395. The first-order chi connectivity index (χ1) is 6.90. The van der Waals surface area contributed by atoms with Gasteiger partial charge in [-0.3, -0.25) is 0 Å². The zero-order valence-corrected chi connectivity index (χ0v) is 10.4. The Morgan fingerprint density at radius 2 is 1.93 bits per heavy atom. The van der Waals surface area contributed by atoms with Gasteiger partial charge in [0.15, 0.2) is 0 Å². The minimum absolute atomic E-state index is 0. The molecule has 2 aromatic rings. The van der Waals surface area contributed by atoms with Crippen LogP contribution in [0.5, 0.6) is 0 Å². The highest BCUT2D eigenvalue weighted by molar-refractivity contribution is 5.30. The second-order valence-electron chi connectivity index (χ2n) is 3.39. The number of hydrogen-bond donors (Lipinski definition) is 0. The lowest BCUT2D eigenvalue weighted by molar-refractivity contribution is -0.696. The number of imidazole rings is 1. The van der Waals surface area contributed by atoms with E-state index in [0.717, 1.165) is 6.54 Å². The van der Waals surface area contributed by atoms with Crippen molar-refractivity contribution in [1.82, 2.24) is 4.57 Å². The minimum Gasteiger partial charge on any atom is -1.00 e. The van der Waals surface area contributed by atoms with E-state index in [1.807, 2.05) is 6.07 Å². The largest absolute Gasteiger partial charge is 1.00 e. The number of benzene rings is 1. The zero-order chi connectivity index (χ0) is 9.80. The number of para-hydroxylation sites is 1. The number of halogens is 1. The molecule has 0 spiro atoms. The maximum Gasteiger partial charge on any atom is 0.248 e. The summed E-state index contributed by atoms with van der Waals surface area (Å²) >= 11 is 0. The highest BCUT2D eigenvalue weighted by Gasteiger charge is 2.03. The van der Waals surface area contributed by atoms with Gasteiger partial charge in [-0.25, -0.2) is 9.13 Å². The summed E-state index contributed by atoms with van der Waals surface area (Å²) in [6, 6.07) is 10.4. The SMILES string of the molecule is CCC[n+]1ccn(-c2ccccc2)c1.[Br-]. The Balaban J connectivity index is 0.00000112. The first kappa shape index (κ1) is 12.0. The van der Waals surface area contributed by atoms with Gasteiger partial charge in [0.2, 0.25) is 6.33 Å². The van der Waals surface area contributed by atoms with E-state index >= 15 is 0 Å². The molecular formula is C12H15BrN2. The van der Waals surface area contributed by atoms with Gasteiger partial charge < -0.3 is 17.0 Å². The number of aromatic nitrogens is 2. The average Bonchev–Trinajstić information content (AvgIpc) is 2.68. The van der Waals surface area contributed by atoms with Crippen LogP contribution < -0.4 is 21.5 Å². The van der Waals surface area contributed by atoms with Crippen LogP contribution in [0.2, 0.25) is 0 Å². The Hall–Kier alpha value is -1.09. The standard InChI is InChI=1S/C12H15N2.BrH/c1-2-8-13-9-10-14(11-13)12-6-4-3-5-7-12;/h3-7,9-11H,2,8H2,1H3;1H/q+1;/p-1. The van der Waals surface area contributed by atoms with Gasteiger partial charge in [0, 0.05) is 0 Å². The van der Waals surface area contributed by atoms with Crippen LogP contribution >= 0.6 is 0 Å². The van der Waals surface area contributed by atoms with E-state index in [1.165, 1.54) is 12.1 Å². The maximum absolute atomic E-state index is 2.20. The Morgan fingerprint density at radius 1 is 1.20 bits per heavy atom. The summed E-state index contributed by atoms with van der Waals surface area (Å²) in [5.41, 5.74) is 1.21. The van der Waals surface area contributed by atoms with Gasteiger partial charge >= 0.3 is 0 Å². The summed E-state index contributed by atoms with van der Waals surface area (Å²) in [5, 5.41) is 0. The van der Waals surface area contributed by atoms with Gasteiger partial charge in [0.1, 0.15) is 18.1 Å². The fraction of sp³-hybridized carbons (Fsp3) is 0.250. The van der Waals surface area contributed by atoms with E-state index in [4.69, 9.17) is 0 Å². The average molecular weight is 267 g/mol. The van der Waals surface area contributed by atoms with Crippen LogP contribution in [-0.4, -0.2) is 4.57 Å². The summed E-state index contributed by atoms with van der Waals surface area (Å²) in [4.78, 5) is 0. The van der Waals surface area contributed by atoms with E-state index in [0.29, 0.717) is 0 Å². The third-order valence-corrected chi connectivity index (χ3v) is 2.23. The molecule has 1 heterocycles.